The number of carbonyl (C=O) groups excluding carboxylic acids is 1. The van der Waals surface area contributed by atoms with Gasteiger partial charge in [-0.05, 0) is 67.6 Å². The predicted molar refractivity (Wildman–Crippen MR) is 116 cm³/mol. The van der Waals surface area contributed by atoms with Gasteiger partial charge in [-0.3, -0.25) is 8.77 Å². The van der Waals surface area contributed by atoms with Gasteiger partial charge < -0.3 is 11.1 Å². The maximum absolute atomic E-state index is 12.4. The fourth-order valence-electron chi connectivity index (χ4n) is 3.20. The highest BCUT2D eigenvalue weighted by atomic mass is 35.5. The van der Waals surface area contributed by atoms with Gasteiger partial charge in [-0.15, -0.1) is 0 Å². The number of benzene rings is 2. The Hall–Kier alpha value is -1.95. The summed E-state index contributed by atoms with van der Waals surface area (Å²) in [7, 11) is 0. The standard InChI is InChI=1S/C22H24ClN3OS/c1-14-3-5-18(6-4-14)28-26-17(13-25-21(27)22(2)7-8-22)9-15-10-19(23)16(12-24)11-20(15)26/h3-6,9-11H,7-8,12-13,24H2,1-2H3,(H,25,27). The van der Waals surface area contributed by atoms with Crippen molar-refractivity contribution in [2.75, 3.05) is 0 Å². The van der Waals surface area contributed by atoms with Crippen LogP contribution in [-0.2, 0) is 17.9 Å². The highest BCUT2D eigenvalue weighted by Crippen LogP contribution is 2.45. The predicted octanol–water partition coefficient (Wildman–Crippen LogP) is 5.03. The average Bonchev–Trinajstić information content (AvgIpc) is 3.35. The van der Waals surface area contributed by atoms with E-state index in [9.17, 15) is 4.79 Å². The van der Waals surface area contributed by atoms with Gasteiger partial charge in [0.15, 0.2) is 0 Å². The van der Waals surface area contributed by atoms with Crippen molar-refractivity contribution in [1.82, 2.24) is 9.29 Å². The molecule has 1 heterocycles. The van der Waals surface area contributed by atoms with E-state index in [0.717, 1.165) is 39.9 Å². The molecule has 3 aromatic rings. The maximum atomic E-state index is 12.4. The molecule has 28 heavy (non-hydrogen) atoms. The molecule has 0 unspecified atom stereocenters. The summed E-state index contributed by atoms with van der Waals surface area (Å²) in [5.74, 6) is 0.130. The number of amides is 1. The minimum absolute atomic E-state index is 0.130. The normalized spacial score (nSPS) is 15.0. The molecule has 4 nitrogen and oxygen atoms in total. The molecule has 1 fully saturated rings. The van der Waals surface area contributed by atoms with E-state index in [4.69, 9.17) is 17.3 Å². The van der Waals surface area contributed by atoms with Crippen LogP contribution >= 0.6 is 23.5 Å². The van der Waals surface area contributed by atoms with Gasteiger partial charge >= 0.3 is 0 Å². The molecule has 1 aliphatic carbocycles. The van der Waals surface area contributed by atoms with Crippen LogP contribution in [0.25, 0.3) is 10.9 Å². The molecule has 0 spiro atoms. The van der Waals surface area contributed by atoms with Gasteiger partial charge in [0.2, 0.25) is 5.91 Å². The first kappa shape index (κ1) is 19.4. The van der Waals surface area contributed by atoms with E-state index in [1.807, 2.05) is 19.1 Å². The second-order valence-electron chi connectivity index (χ2n) is 7.78. The Bertz CT molecular complexity index is 1040. The Labute approximate surface area is 174 Å². The van der Waals surface area contributed by atoms with Crippen LogP contribution in [0.2, 0.25) is 5.02 Å². The zero-order chi connectivity index (χ0) is 19.9. The smallest absolute Gasteiger partial charge is 0.226 e. The summed E-state index contributed by atoms with van der Waals surface area (Å²) in [4.78, 5) is 13.5. The zero-order valence-electron chi connectivity index (χ0n) is 16.1. The lowest BCUT2D eigenvalue weighted by Crippen LogP contribution is -2.30. The van der Waals surface area contributed by atoms with E-state index >= 15 is 0 Å². The summed E-state index contributed by atoms with van der Waals surface area (Å²) in [6, 6.07) is 14.5. The Morgan fingerprint density at radius 3 is 2.61 bits per heavy atom. The molecular formula is C22H24ClN3OS. The number of aryl methyl sites for hydroxylation is 1. The highest BCUT2D eigenvalue weighted by Gasteiger charge is 2.44. The van der Waals surface area contributed by atoms with Crippen LogP contribution in [0, 0.1) is 12.3 Å². The van der Waals surface area contributed by atoms with Gasteiger partial charge in [-0.25, -0.2) is 0 Å². The minimum Gasteiger partial charge on any atom is -0.350 e. The summed E-state index contributed by atoms with van der Waals surface area (Å²) in [5.41, 5.74) is 9.91. The third-order valence-corrected chi connectivity index (χ3v) is 6.86. The number of nitrogens with one attached hydrogen (secondary N) is 1. The van der Waals surface area contributed by atoms with Crippen molar-refractivity contribution < 1.29 is 4.79 Å². The van der Waals surface area contributed by atoms with Gasteiger partial charge in [0.25, 0.3) is 0 Å². The van der Waals surface area contributed by atoms with E-state index in [1.54, 1.807) is 11.9 Å². The molecule has 2 aromatic carbocycles. The molecule has 1 amide bonds. The van der Waals surface area contributed by atoms with Crippen molar-refractivity contribution in [3.05, 3.63) is 64.3 Å². The van der Waals surface area contributed by atoms with Crippen LogP contribution in [-0.4, -0.2) is 9.88 Å². The number of aromatic nitrogens is 1. The van der Waals surface area contributed by atoms with Crippen LogP contribution in [0.5, 0.6) is 0 Å². The molecule has 1 aliphatic rings. The SMILES string of the molecule is Cc1ccc(Sn2c(CNC(=O)C3(C)CC3)cc3cc(Cl)c(CN)cc32)cc1. The fourth-order valence-corrected chi connectivity index (χ4v) is 4.40. The second-order valence-corrected chi connectivity index (χ2v) is 9.21. The number of hydrogen-bond donors (Lipinski definition) is 2. The Kier molecular flexibility index (Phi) is 5.17. The molecule has 0 saturated heterocycles. The summed E-state index contributed by atoms with van der Waals surface area (Å²) in [6.07, 6.45) is 1.94. The number of nitrogens with zero attached hydrogens (tertiary/aromatic N) is 1. The molecule has 4 rings (SSSR count). The molecule has 0 aliphatic heterocycles. The molecule has 3 N–H and O–H groups in total. The minimum atomic E-state index is -0.184. The van der Waals surface area contributed by atoms with Crippen LogP contribution in [0.1, 0.15) is 36.6 Å². The van der Waals surface area contributed by atoms with Gasteiger partial charge in [0.05, 0.1) is 17.8 Å². The molecule has 0 bridgehead atoms. The maximum Gasteiger partial charge on any atom is 0.226 e. The van der Waals surface area contributed by atoms with E-state index < -0.39 is 0 Å². The quantitative estimate of drug-likeness (QED) is 0.595. The van der Waals surface area contributed by atoms with Crippen LogP contribution in [0.3, 0.4) is 0 Å². The molecule has 1 saturated carbocycles. The largest absolute Gasteiger partial charge is 0.350 e. The Morgan fingerprint density at radius 1 is 1.25 bits per heavy atom. The lowest BCUT2D eigenvalue weighted by atomic mass is 10.1. The van der Waals surface area contributed by atoms with Crippen LogP contribution in [0.4, 0.5) is 0 Å². The summed E-state index contributed by atoms with van der Waals surface area (Å²) < 4.78 is 2.17. The van der Waals surface area contributed by atoms with Crippen LogP contribution < -0.4 is 11.1 Å². The second kappa shape index (κ2) is 7.47. The number of fused-ring (bicyclic) bond motifs is 1. The highest BCUT2D eigenvalue weighted by molar-refractivity contribution is 7.98. The number of carbonyl (C=O) groups is 1. The Balaban J connectivity index is 1.71. The number of hydrogen-bond acceptors (Lipinski definition) is 3. The van der Waals surface area contributed by atoms with E-state index in [0.29, 0.717) is 18.1 Å². The van der Waals surface area contributed by atoms with Crippen molar-refractivity contribution in [3.8, 4) is 0 Å². The van der Waals surface area contributed by atoms with Gasteiger partial charge in [-0.1, -0.05) is 36.2 Å². The average molecular weight is 414 g/mol. The fraction of sp³-hybridized carbons (Fsp3) is 0.318. The summed E-state index contributed by atoms with van der Waals surface area (Å²) >= 11 is 8.01. The van der Waals surface area contributed by atoms with Crippen molar-refractivity contribution in [3.63, 3.8) is 0 Å². The monoisotopic (exact) mass is 413 g/mol. The van der Waals surface area contributed by atoms with Crippen molar-refractivity contribution in [2.24, 2.45) is 11.1 Å². The van der Waals surface area contributed by atoms with Gasteiger partial charge in [0.1, 0.15) is 0 Å². The van der Waals surface area contributed by atoms with Crippen molar-refractivity contribution in [2.45, 2.75) is 44.7 Å². The van der Waals surface area contributed by atoms with E-state index in [-0.39, 0.29) is 11.3 Å². The Morgan fingerprint density at radius 2 is 1.96 bits per heavy atom. The zero-order valence-corrected chi connectivity index (χ0v) is 17.7. The topological polar surface area (TPSA) is 60.0 Å². The van der Waals surface area contributed by atoms with E-state index in [1.165, 1.54) is 5.56 Å². The molecule has 0 radical (unpaired) electrons. The first-order valence-electron chi connectivity index (χ1n) is 9.46. The molecule has 0 atom stereocenters. The van der Waals surface area contributed by atoms with Gasteiger partial charge in [-0.2, -0.15) is 0 Å². The number of nitrogens with two attached hydrogens (primary N) is 1. The molecular weight excluding hydrogens is 390 g/mol. The van der Waals surface area contributed by atoms with Gasteiger partial charge in [0, 0.05) is 27.3 Å². The third-order valence-electron chi connectivity index (χ3n) is 5.41. The number of halogens is 1. The first-order valence-corrected chi connectivity index (χ1v) is 10.6. The molecule has 146 valence electrons. The van der Waals surface area contributed by atoms with Crippen LogP contribution in [0.15, 0.2) is 47.4 Å². The van der Waals surface area contributed by atoms with Crippen molar-refractivity contribution in [1.29, 1.82) is 0 Å². The third kappa shape index (κ3) is 3.79. The summed E-state index contributed by atoms with van der Waals surface area (Å²) in [5, 5.41) is 4.83. The van der Waals surface area contributed by atoms with Crippen molar-refractivity contribution >= 4 is 40.4 Å². The lowest BCUT2D eigenvalue weighted by molar-refractivity contribution is -0.125. The number of rotatable bonds is 6. The first-order chi connectivity index (χ1) is 13.4. The summed E-state index contributed by atoms with van der Waals surface area (Å²) in [6.45, 7) is 4.97. The molecule has 6 heteroatoms. The van der Waals surface area contributed by atoms with E-state index in [2.05, 4.69) is 46.5 Å². The molecule has 1 aromatic heterocycles. The lowest BCUT2D eigenvalue weighted by Gasteiger charge is -2.13.